The van der Waals surface area contributed by atoms with Gasteiger partial charge in [0.05, 0.1) is 25.8 Å². The standard InChI is InChI=1S/C10H17NO4/c12-7-9-6-11(10(13)15-9)5-8-3-1-2-4-14-8/h8-9,12H,1-7H2/t8?,9-/m1/s1. The Morgan fingerprint density at radius 2 is 2.27 bits per heavy atom. The molecule has 86 valence electrons. The molecule has 2 rings (SSSR count). The molecule has 1 amide bonds. The molecule has 5 nitrogen and oxygen atoms in total. The number of ether oxygens (including phenoxy) is 2. The summed E-state index contributed by atoms with van der Waals surface area (Å²) in [6.07, 6.45) is 2.73. The maximum absolute atomic E-state index is 11.4. The summed E-state index contributed by atoms with van der Waals surface area (Å²) < 4.78 is 10.5. The SMILES string of the molecule is O=C1O[C@@H](CO)CN1CC1CCCCO1. The minimum Gasteiger partial charge on any atom is -0.442 e. The lowest BCUT2D eigenvalue weighted by Crippen LogP contribution is -2.36. The molecule has 0 aromatic heterocycles. The van der Waals surface area contributed by atoms with Crippen LogP contribution in [0.3, 0.4) is 0 Å². The fourth-order valence-electron chi connectivity index (χ4n) is 2.02. The number of hydrogen-bond acceptors (Lipinski definition) is 4. The lowest BCUT2D eigenvalue weighted by atomic mass is 10.1. The second-order valence-corrected chi connectivity index (χ2v) is 4.08. The number of aliphatic hydroxyl groups excluding tert-OH is 1. The van der Waals surface area contributed by atoms with Crippen molar-refractivity contribution < 1.29 is 19.4 Å². The molecular formula is C10H17NO4. The van der Waals surface area contributed by atoms with Gasteiger partial charge in [0.1, 0.15) is 6.10 Å². The molecule has 2 heterocycles. The topological polar surface area (TPSA) is 59.0 Å². The summed E-state index contributed by atoms with van der Waals surface area (Å²) in [6.45, 7) is 1.76. The predicted octanol–water partition coefficient (Wildman–Crippen LogP) is 0.369. The minimum absolute atomic E-state index is 0.103. The average Bonchev–Trinajstić information content (AvgIpc) is 2.61. The highest BCUT2D eigenvalue weighted by molar-refractivity contribution is 5.69. The molecule has 0 aliphatic carbocycles. The molecule has 0 radical (unpaired) electrons. The van der Waals surface area contributed by atoms with Gasteiger partial charge in [0.2, 0.25) is 0 Å². The molecule has 15 heavy (non-hydrogen) atoms. The third-order valence-corrected chi connectivity index (χ3v) is 2.85. The molecule has 0 bridgehead atoms. The van der Waals surface area contributed by atoms with Gasteiger partial charge in [-0.05, 0) is 19.3 Å². The first-order valence-electron chi connectivity index (χ1n) is 5.47. The summed E-state index contributed by atoms with van der Waals surface area (Å²) in [5.74, 6) is 0. The van der Waals surface area contributed by atoms with Crippen molar-refractivity contribution in [3.8, 4) is 0 Å². The van der Waals surface area contributed by atoms with Gasteiger partial charge in [-0.2, -0.15) is 0 Å². The van der Waals surface area contributed by atoms with E-state index in [4.69, 9.17) is 14.6 Å². The summed E-state index contributed by atoms with van der Waals surface area (Å²) in [5.41, 5.74) is 0. The summed E-state index contributed by atoms with van der Waals surface area (Å²) in [6, 6.07) is 0. The van der Waals surface area contributed by atoms with E-state index < -0.39 is 0 Å². The number of rotatable bonds is 3. The van der Waals surface area contributed by atoms with Crippen LogP contribution in [0.15, 0.2) is 0 Å². The van der Waals surface area contributed by atoms with E-state index in [9.17, 15) is 4.79 Å². The number of hydrogen-bond donors (Lipinski definition) is 1. The fraction of sp³-hybridized carbons (Fsp3) is 0.900. The molecule has 1 N–H and O–H groups in total. The van der Waals surface area contributed by atoms with E-state index in [1.54, 1.807) is 4.90 Å². The summed E-state index contributed by atoms with van der Waals surface area (Å²) in [5, 5.41) is 8.87. The van der Waals surface area contributed by atoms with Crippen molar-refractivity contribution in [3.05, 3.63) is 0 Å². The fourth-order valence-corrected chi connectivity index (χ4v) is 2.02. The van der Waals surface area contributed by atoms with E-state index >= 15 is 0 Å². The van der Waals surface area contributed by atoms with Crippen LogP contribution >= 0.6 is 0 Å². The van der Waals surface area contributed by atoms with E-state index in [2.05, 4.69) is 0 Å². The molecule has 0 saturated carbocycles. The molecule has 5 heteroatoms. The van der Waals surface area contributed by atoms with Crippen LogP contribution in [-0.4, -0.2) is 54.6 Å². The second-order valence-electron chi connectivity index (χ2n) is 4.08. The van der Waals surface area contributed by atoms with Crippen LogP contribution in [0.1, 0.15) is 19.3 Å². The molecule has 0 spiro atoms. The summed E-state index contributed by atoms with van der Waals surface area (Å²) in [7, 11) is 0. The zero-order valence-electron chi connectivity index (χ0n) is 8.72. The summed E-state index contributed by atoms with van der Waals surface area (Å²) >= 11 is 0. The Morgan fingerprint density at radius 1 is 1.40 bits per heavy atom. The van der Waals surface area contributed by atoms with Gasteiger partial charge < -0.3 is 19.5 Å². The second kappa shape index (κ2) is 4.81. The Kier molecular flexibility index (Phi) is 3.43. The molecule has 2 aliphatic rings. The van der Waals surface area contributed by atoms with E-state index in [0.29, 0.717) is 13.1 Å². The van der Waals surface area contributed by atoms with Gasteiger partial charge in [0.25, 0.3) is 0 Å². The average molecular weight is 215 g/mol. The van der Waals surface area contributed by atoms with Crippen molar-refractivity contribution in [1.29, 1.82) is 0 Å². The van der Waals surface area contributed by atoms with Gasteiger partial charge in [-0.1, -0.05) is 0 Å². The van der Waals surface area contributed by atoms with Gasteiger partial charge in [-0.3, -0.25) is 0 Å². The Labute approximate surface area is 89.0 Å². The normalized spacial score (nSPS) is 31.8. The Morgan fingerprint density at radius 3 is 2.87 bits per heavy atom. The molecular weight excluding hydrogens is 198 g/mol. The predicted molar refractivity (Wildman–Crippen MR) is 52.5 cm³/mol. The van der Waals surface area contributed by atoms with Crippen molar-refractivity contribution in [3.63, 3.8) is 0 Å². The van der Waals surface area contributed by atoms with Crippen LogP contribution in [0.5, 0.6) is 0 Å². The molecule has 2 fully saturated rings. The van der Waals surface area contributed by atoms with Crippen LogP contribution in [0.2, 0.25) is 0 Å². The van der Waals surface area contributed by atoms with Crippen molar-refractivity contribution in [2.24, 2.45) is 0 Å². The third kappa shape index (κ3) is 2.60. The number of aliphatic hydroxyl groups is 1. The van der Waals surface area contributed by atoms with Gasteiger partial charge in [0, 0.05) is 6.61 Å². The summed E-state index contributed by atoms with van der Waals surface area (Å²) in [4.78, 5) is 13.0. The Bertz CT molecular complexity index is 227. The van der Waals surface area contributed by atoms with E-state index in [0.717, 1.165) is 25.9 Å². The highest BCUT2D eigenvalue weighted by atomic mass is 16.6. The van der Waals surface area contributed by atoms with Crippen LogP contribution in [0, 0.1) is 0 Å². The molecule has 2 saturated heterocycles. The van der Waals surface area contributed by atoms with Crippen molar-refractivity contribution in [1.82, 2.24) is 4.90 Å². The molecule has 0 aromatic rings. The first-order chi connectivity index (χ1) is 7.29. The first kappa shape index (κ1) is 10.7. The lowest BCUT2D eigenvalue weighted by Gasteiger charge is -2.25. The number of amides is 1. The van der Waals surface area contributed by atoms with E-state index in [1.807, 2.05) is 0 Å². The zero-order valence-corrected chi connectivity index (χ0v) is 8.72. The van der Waals surface area contributed by atoms with Crippen molar-refractivity contribution >= 4 is 6.09 Å². The number of carbonyl (C=O) groups excluding carboxylic acids is 1. The highest BCUT2D eigenvalue weighted by Gasteiger charge is 2.32. The van der Waals surface area contributed by atoms with E-state index in [1.165, 1.54) is 0 Å². The van der Waals surface area contributed by atoms with Gasteiger partial charge >= 0.3 is 6.09 Å². The van der Waals surface area contributed by atoms with Crippen LogP contribution < -0.4 is 0 Å². The van der Waals surface area contributed by atoms with Gasteiger partial charge in [-0.25, -0.2) is 4.79 Å². The van der Waals surface area contributed by atoms with Crippen LogP contribution in [0.4, 0.5) is 4.79 Å². The van der Waals surface area contributed by atoms with Crippen molar-refractivity contribution in [2.75, 3.05) is 26.3 Å². The van der Waals surface area contributed by atoms with Crippen molar-refractivity contribution in [2.45, 2.75) is 31.5 Å². The Balaban J connectivity index is 1.81. The number of cyclic esters (lactones) is 1. The number of carbonyl (C=O) groups is 1. The number of nitrogens with zero attached hydrogens (tertiary/aromatic N) is 1. The van der Waals surface area contributed by atoms with Crippen LogP contribution in [0.25, 0.3) is 0 Å². The largest absolute Gasteiger partial charge is 0.442 e. The Hall–Kier alpha value is -0.810. The molecule has 2 aliphatic heterocycles. The third-order valence-electron chi connectivity index (χ3n) is 2.85. The molecule has 2 atom stereocenters. The van der Waals surface area contributed by atoms with Gasteiger partial charge in [-0.15, -0.1) is 0 Å². The molecule has 1 unspecified atom stereocenters. The quantitative estimate of drug-likeness (QED) is 0.739. The maximum atomic E-state index is 11.4. The van der Waals surface area contributed by atoms with Crippen LogP contribution in [-0.2, 0) is 9.47 Å². The highest BCUT2D eigenvalue weighted by Crippen LogP contribution is 2.17. The zero-order chi connectivity index (χ0) is 10.7. The first-order valence-corrected chi connectivity index (χ1v) is 5.47. The smallest absolute Gasteiger partial charge is 0.410 e. The monoisotopic (exact) mass is 215 g/mol. The van der Waals surface area contributed by atoms with Gasteiger partial charge in [0.15, 0.2) is 0 Å². The lowest BCUT2D eigenvalue weighted by molar-refractivity contribution is 0.00220. The minimum atomic E-state index is -0.360. The maximum Gasteiger partial charge on any atom is 0.410 e. The van der Waals surface area contributed by atoms with E-state index in [-0.39, 0.29) is 24.9 Å². The molecule has 0 aromatic carbocycles.